The molecule has 1 aliphatic heterocycles. The predicted molar refractivity (Wildman–Crippen MR) is 75.9 cm³/mol. The standard InChI is InChI=1S/C14H20N2OS/c1-10-3-5-13(6-4-10)18-11(2)14(17)16-12-7-8-15-9-12/h3-6,11-12,15H,7-9H2,1-2H3,(H,16,17). The third-order valence-corrected chi connectivity index (χ3v) is 4.22. The Labute approximate surface area is 113 Å². The number of hydrogen-bond donors (Lipinski definition) is 2. The van der Waals surface area contributed by atoms with Crippen LogP contribution in [0.25, 0.3) is 0 Å². The van der Waals surface area contributed by atoms with E-state index in [-0.39, 0.29) is 11.2 Å². The van der Waals surface area contributed by atoms with Crippen molar-refractivity contribution in [2.45, 2.75) is 36.5 Å². The summed E-state index contributed by atoms with van der Waals surface area (Å²) in [5, 5.41) is 6.29. The average molecular weight is 264 g/mol. The first kappa shape index (κ1) is 13.4. The van der Waals surface area contributed by atoms with Gasteiger partial charge >= 0.3 is 0 Å². The van der Waals surface area contributed by atoms with Gasteiger partial charge in [-0.05, 0) is 38.9 Å². The molecule has 2 N–H and O–H groups in total. The number of carbonyl (C=O) groups is 1. The first-order chi connectivity index (χ1) is 8.65. The minimum absolute atomic E-state index is 0.0479. The quantitative estimate of drug-likeness (QED) is 0.817. The van der Waals surface area contributed by atoms with Gasteiger partial charge in [-0.3, -0.25) is 4.79 Å². The van der Waals surface area contributed by atoms with Crippen molar-refractivity contribution in [1.29, 1.82) is 0 Å². The van der Waals surface area contributed by atoms with Crippen LogP contribution in [0.15, 0.2) is 29.2 Å². The van der Waals surface area contributed by atoms with Gasteiger partial charge in [0.2, 0.25) is 5.91 Å². The molecule has 1 amide bonds. The van der Waals surface area contributed by atoms with Crippen LogP contribution in [0.2, 0.25) is 0 Å². The highest BCUT2D eigenvalue weighted by Crippen LogP contribution is 2.23. The van der Waals surface area contributed by atoms with E-state index in [0.717, 1.165) is 24.4 Å². The molecule has 18 heavy (non-hydrogen) atoms. The number of nitrogens with one attached hydrogen (secondary N) is 2. The number of aryl methyl sites for hydroxylation is 1. The van der Waals surface area contributed by atoms with Crippen LogP contribution in [0.5, 0.6) is 0 Å². The Balaban J connectivity index is 1.84. The summed E-state index contributed by atoms with van der Waals surface area (Å²) in [4.78, 5) is 13.2. The van der Waals surface area contributed by atoms with E-state index in [2.05, 4.69) is 41.8 Å². The normalized spacial score (nSPS) is 20.7. The maximum Gasteiger partial charge on any atom is 0.233 e. The molecular weight excluding hydrogens is 244 g/mol. The lowest BCUT2D eigenvalue weighted by molar-refractivity contribution is -0.120. The second-order valence-corrected chi connectivity index (χ2v) is 6.19. The summed E-state index contributed by atoms with van der Waals surface area (Å²) in [7, 11) is 0. The lowest BCUT2D eigenvalue weighted by Crippen LogP contribution is -2.40. The summed E-state index contributed by atoms with van der Waals surface area (Å²) in [6.07, 6.45) is 1.04. The fourth-order valence-corrected chi connectivity index (χ4v) is 2.85. The fourth-order valence-electron chi connectivity index (χ4n) is 1.97. The van der Waals surface area contributed by atoms with E-state index in [4.69, 9.17) is 0 Å². The first-order valence-corrected chi connectivity index (χ1v) is 7.27. The average Bonchev–Trinajstić information content (AvgIpc) is 2.85. The van der Waals surface area contributed by atoms with E-state index in [1.807, 2.05) is 6.92 Å². The molecule has 0 aliphatic carbocycles. The molecule has 0 radical (unpaired) electrons. The van der Waals surface area contributed by atoms with Gasteiger partial charge in [-0.25, -0.2) is 0 Å². The van der Waals surface area contributed by atoms with Crippen molar-refractivity contribution < 1.29 is 4.79 Å². The molecule has 1 heterocycles. The van der Waals surface area contributed by atoms with E-state index in [9.17, 15) is 4.79 Å². The van der Waals surface area contributed by atoms with Crippen molar-refractivity contribution in [3.63, 3.8) is 0 Å². The molecule has 98 valence electrons. The molecule has 2 rings (SSSR count). The van der Waals surface area contributed by atoms with E-state index >= 15 is 0 Å². The predicted octanol–water partition coefficient (Wildman–Crippen LogP) is 1.95. The molecule has 2 atom stereocenters. The lowest BCUT2D eigenvalue weighted by Gasteiger charge is -2.16. The third-order valence-electron chi connectivity index (χ3n) is 3.11. The molecule has 3 nitrogen and oxygen atoms in total. The van der Waals surface area contributed by atoms with Crippen LogP contribution in [0.3, 0.4) is 0 Å². The summed E-state index contributed by atoms with van der Waals surface area (Å²) < 4.78 is 0. The van der Waals surface area contributed by atoms with Crippen LogP contribution in [0.4, 0.5) is 0 Å². The maximum absolute atomic E-state index is 12.0. The highest BCUT2D eigenvalue weighted by Gasteiger charge is 2.20. The van der Waals surface area contributed by atoms with Gasteiger partial charge in [-0.2, -0.15) is 0 Å². The van der Waals surface area contributed by atoms with Gasteiger partial charge in [0, 0.05) is 17.5 Å². The van der Waals surface area contributed by atoms with Crippen LogP contribution in [-0.4, -0.2) is 30.3 Å². The number of rotatable bonds is 4. The third kappa shape index (κ3) is 3.75. The summed E-state index contributed by atoms with van der Waals surface area (Å²) in [6, 6.07) is 8.60. The van der Waals surface area contributed by atoms with Gasteiger partial charge in [-0.1, -0.05) is 17.7 Å². The zero-order valence-corrected chi connectivity index (χ0v) is 11.7. The van der Waals surface area contributed by atoms with Gasteiger partial charge in [0.25, 0.3) is 0 Å². The van der Waals surface area contributed by atoms with Gasteiger partial charge in [0.1, 0.15) is 0 Å². The van der Waals surface area contributed by atoms with E-state index < -0.39 is 0 Å². The smallest absolute Gasteiger partial charge is 0.233 e. The van der Waals surface area contributed by atoms with Crippen LogP contribution in [0, 0.1) is 6.92 Å². The molecule has 0 bridgehead atoms. The Morgan fingerprint density at radius 3 is 2.78 bits per heavy atom. The molecule has 0 aromatic heterocycles. The van der Waals surface area contributed by atoms with Crippen molar-refractivity contribution >= 4 is 17.7 Å². The summed E-state index contributed by atoms with van der Waals surface area (Å²) >= 11 is 1.61. The van der Waals surface area contributed by atoms with Crippen LogP contribution < -0.4 is 10.6 Å². The molecule has 1 fully saturated rings. The van der Waals surface area contributed by atoms with Gasteiger partial charge in [-0.15, -0.1) is 11.8 Å². The Hall–Kier alpha value is -1.00. The topological polar surface area (TPSA) is 41.1 Å². The highest BCUT2D eigenvalue weighted by molar-refractivity contribution is 8.00. The molecular formula is C14H20N2OS. The Morgan fingerprint density at radius 2 is 2.17 bits per heavy atom. The Morgan fingerprint density at radius 1 is 1.44 bits per heavy atom. The minimum atomic E-state index is -0.0479. The van der Waals surface area contributed by atoms with Crippen LogP contribution in [0.1, 0.15) is 18.9 Å². The molecule has 1 aliphatic rings. The largest absolute Gasteiger partial charge is 0.351 e. The van der Waals surface area contributed by atoms with E-state index in [1.54, 1.807) is 11.8 Å². The summed E-state index contributed by atoms with van der Waals surface area (Å²) in [6.45, 7) is 5.93. The Bertz CT molecular complexity index is 399. The van der Waals surface area contributed by atoms with E-state index in [0.29, 0.717) is 6.04 Å². The molecule has 1 saturated heterocycles. The van der Waals surface area contributed by atoms with Crippen molar-refractivity contribution in [3.8, 4) is 0 Å². The first-order valence-electron chi connectivity index (χ1n) is 6.39. The summed E-state index contributed by atoms with van der Waals surface area (Å²) in [5.41, 5.74) is 1.24. The number of carbonyl (C=O) groups excluding carboxylic acids is 1. The van der Waals surface area contributed by atoms with Gasteiger partial charge in [0.05, 0.1) is 5.25 Å². The zero-order valence-electron chi connectivity index (χ0n) is 10.9. The Kier molecular flexibility index (Phi) is 4.66. The molecule has 0 saturated carbocycles. The van der Waals surface area contributed by atoms with Gasteiger partial charge in [0.15, 0.2) is 0 Å². The van der Waals surface area contributed by atoms with Crippen molar-refractivity contribution in [2.24, 2.45) is 0 Å². The zero-order chi connectivity index (χ0) is 13.0. The van der Waals surface area contributed by atoms with Crippen molar-refractivity contribution in [2.75, 3.05) is 13.1 Å². The molecule has 4 heteroatoms. The second-order valence-electron chi connectivity index (χ2n) is 4.77. The van der Waals surface area contributed by atoms with Crippen molar-refractivity contribution in [3.05, 3.63) is 29.8 Å². The van der Waals surface area contributed by atoms with Crippen LogP contribution in [-0.2, 0) is 4.79 Å². The van der Waals surface area contributed by atoms with Crippen molar-refractivity contribution in [1.82, 2.24) is 10.6 Å². The number of benzene rings is 1. The highest BCUT2D eigenvalue weighted by atomic mass is 32.2. The molecule has 1 aromatic rings. The second kappa shape index (κ2) is 6.25. The number of hydrogen-bond acceptors (Lipinski definition) is 3. The summed E-state index contributed by atoms with van der Waals surface area (Å²) in [5.74, 6) is 0.134. The van der Waals surface area contributed by atoms with Crippen LogP contribution >= 0.6 is 11.8 Å². The minimum Gasteiger partial charge on any atom is -0.351 e. The lowest BCUT2D eigenvalue weighted by atomic mass is 10.2. The van der Waals surface area contributed by atoms with Gasteiger partial charge < -0.3 is 10.6 Å². The molecule has 1 aromatic carbocycles. The fraction of sp³-hybridized carbons (Fsp3) is 0.500. The number of thioether (sulfide) groups is 1. The molecule has 2 unspecified atom stereocenters. The number of amides is 1. The SMILES string of the molecule is Cc1ccc(SC(C)C(=O)NC2CCNC2)cc1. The monoisotopic (exact) mass is 264 g/mol. The van der Waals surface area contributed by atoms with E-state index in [1.165, 1.54) is 5.56 Å². The maximum atomic E-state index is 12.0. The molecule has 0 spiro atoms.